The molecular formula is C26H30O4S. The number of rotatable bonds is 3. The molecule has 2 aromatic rings. The van der Waals surface area contributed by atoms with Gasteiger partial charge in [-0.05, 0) is 64.6 Å². The molecule has 164 valence electrons. The molecule has 0 radical (unpaired) electrons. The molecule has 1 heterocycles. The minimum atomic E-state index is -0.916. The normalized spacial score (nSPS) is 22.3. The average Bonchev–Trinajstić information content (AvgIpc) is 2.76. The maximum atomic E-state index is 13.5. The van der Waals surface area contributed by atoms with Gasteiger partial charge in [0.1, 0.15) is 0 Å². The van der Waals surface area contributed by atoms with Gasteiger partial charge in [-0.15, -0.1) is 11.8 Å². The van der Waals surface area contributed by atoms with Crippen LogP contribution in [0.2, 0.25) is 0 Å². The molecule has 2 atom stereocenters. The first-order valence-electron chi connectivity index (χ1n) is 10.8. The van der Waals surface area contributed by atoms with E-state index >= 15 is 0 Å². The van der Waals surface area contributed by atoms with Crippen molar-refractivity contribution in [3.63, 3.8) is 0 Å². The Morgan fingerprint density at radius 3 is 2.23 bits per heavy atom. The summed E-state index contributed by atoms with van der Waals surface area (Å²) in [5.41, 5.74) is 4.52. The maximum Gasteiger partial charge on any atom is 0.337 e. The van der Waals surface area contributed by atoms with Gasteiger partial charge in [-0.1, -0.05) is 39.8 Å². The van der Waals surface area contributed by atoms with Crippen LogP contribution in [0.25, 0.3) is 0 Å². The van der Waals surface area contributed by atoms with Crippen molar-refractivity contribution in [3.05, 3.63) is 64.2 Å². The molecule has 0 bridgehead atoms. The summed E-state index contributed by atoms with van der Waals surface area (Å²) < 4.78 is 4.73. The lowest BCUT2D eigenvalue weighted by molar-refractivity contribution is 0.0598. The molecule has 2 aliphatic rings. The Kier molecular flexibility index (Phi) is 5.55. The van der Waals surface area contributed by atoms with Gasteiger partial charge in [0.05, 0.1) is 24.7 Å². The van der Waals surface area contributed by atoms with E-state index in [1.807, 2.05) is 0 Å². The minimum Gasteiger partial charge on any atom is -0.465 e. The number of fused-ring (bicyclic) bond motifs is 2. The van der Waals surface area contributed by atoms with Gasteiger partial charge in [-0.2, -0.15) is 0 Å². The molecule has 4 nitrogen and oxygen atoms in total. The van der Waals surface area contributed by atoms with Crippen molar-refractivity contribution in [3.8, 4) is 0 Å². The molecule has 0 saturated heterocycles. The molecule has 31 heavy (non-hydrogen) atoms. The molecule has 5 heteroatoms. The number of thioether (sulfide) groups is 1. The van der Waals surface area contributed by atoms with Crippen LogP contribution in [-0.4, -0.2) is 29.7 Å². The van der Waals surface area contributed by atoms with E-state index in [1.54, 1.807) is 36.0 Å². The summed E-state index contributed by atoms with van der Waals surface area (Å²) in [5, 5.41) is 11.0. The number of Topliss-reactive ketones (excluding diaryl/α,β-unsaturated/α-hetero) is 1. The van der Waals surface area contributed by atoms with Gasteiger partial charge in [0.2, 0.25) is 0 Å². The third-order valence-corrected chi connectivity index (χ3v) is 8.20. The predicted molar refractivity (Wildman–Crippen MR) is 123 cm³/mol. The van der Waals surface area contributed by atoms with Crippen molar-refractivity contribution in [2.24, 2.45) is 5.92 Å². The fraction of sp³-hybridized carbons (Fsp3) is 0.462. The molecule has 0 saturated carbocycles. The quantitative estimate of drug-likeness (QED) is 0.645. The molecule has 1 N–H and O–H groups in total. The molecule has 0 fully saturated rings. The lowest BCUT2D eigenvalue weighted by atomic mass is 9.62. The number of ether oxygens (including phenoxy) is 1. The summed E-state index contributed by atoms with van der Waals surface area (Å²) in [6, 6.07) is 11.0. The third kappa shape index (κ3) is 3.83. The third-order valence-electron chi connectivity index (χ3n) is 7.03. The fourth-order valence-corrected chi connectivity index (χ4v) is 5.97. The molecule has 4 rings (SSSR count). The number of hydrogen-bond acceptors (Lipinski definition) is 5. The summed E-state index contributed by atoms with van der Waals surface area (Å²) >= 11 is 1.65. The van der Waals surface area contributed by atoms with Crippen molar-refractivity contribution in [2.45, 2.75) is 62.4 Å². The second-order valence-corrected chi connectivity index (χ2v) is 11.1. The molecule has 1 aliphatic carbocycles. The summed E-state index contributed by atoms with van der Waals surface area (Å²) in [7, 11) is 1.33. The van der Waals surface area contributed by atoms with Gasteiger partial charge >= 0.3 is 5.97 Å². The first-order valence-corrected chi connectivity index (χ1v) is 11.8. The zero-order chi connectivity index (χ0) is 22.6. The smallest absolute Gasteiger partial charge is 0.337 e. The monoisotopic (exact) mass is 438 g/mol. The van der Waals surface area contributed by atoms with Crippen LogP contribution >= 0.6 is 11.8 Å². The highest BCUT2D eigenvalue weighted by Crippen LogP contribution is 2.49. The summed E-state index contributed by atoms with van der Waals surface area (Å²) in [5.74, 6) is -0.400. The zero-order valence-electron chi connectivity index (χ0n) is 18.8. The van der Waals surface area contributed by atoms with Crippen LogP contribution in [0, 0.1) is 5.92 Å². The second kappa shape index (κ2) is 7.79. The molecule has 0 aromatic heterocycles. The molecule has 2 aromatic carbocycles. The summed E-state index contributed by atoms with van der Waals surface area (Å²) in [6.45, 7) is 9.08. The van der Waals surface area contributed by atoms with E-state index in [-0.39, 0.29) is 16.6 Å². The van der Waals surface area contributed by atoms with E-state index in [9.17, 15) is 14.7 Å². The Labute approximate surface area is 188 Å². The number of methoxy groups -OCH3 is 1. The highest BCUT2D eigenvalue weighted by molar-refractivity contribution is 7.99. The molecule has 1 aliphatic heterocycles. The number of hydrogen-bond donors (Lipinski definition) is 1. The number of aliphatic hydroxyl groups is 1. The van der Waals surface area contributed by atoms with Crippen LogP contribution in [0.1, 0.15) is 84.0 Å². The van der Waals surface area contributed by atoms with Crippen LogP contribution in [0.4, 0.5) is 0 Å². The molecule has 0 spiro atoms. The molecule has 2 unspecified atom stereocenters. The van der Waals surface area contributed by atoms with Crippen LogP contribution in [0.3, 0.4) is 0 Å². The van der Waals surface area contributed by atoms with Crippen molar-refractivity contribution in [1.29, 1.82) is 0 Å². The first-order chi connectivity index (χ1) is 14.5. The Balaban J connectivity index is 1.66. The minimum absolute atomic E-state index is 0.000254. The number of ketones is 1. The van der Waals surface area contributed by atoms with Crippen molar-refractivity contribution < 1.29 is 19.4 Å². The van der Waals surface area contributed by atoms with Crippen molar-refractivity contribution >= 4 is 23.5 Å². The van der Waals surface area contributed by atoms with Gasteiger partial charge < -0.3 is 9.84 Å². The van der Waals surface area contributed by atoms with Gasteiger partial charge in [-0.3, -0.25) is 4.79 Å². The average molecular weight is 439 g/mol. The first kappa shape index (κ1) is 22.1. The van der Waals surface area contributed by atoms with E-state index in [1.165, 1.54) is 18.2 Å². The summed E-state index contributed by atoms with van der Waals surface area (Å²) in [4.78, 5) is 26.1. The largest absolute Gasteiger partial charge is 0.465 e. The lowest BCUT2D eigenvalue weighted by Gasteiger charge is -2.43. The number of benzene rings is 2. The van der Waals surface area contributed by atoms with Crippen LogP contribution in [-0.2, 0) is 15.6 Å². The van der Waals surface area contributed by atoms with Gasteiger partial charge in [0.25, 0.3) is 0 Å². The SMILES string of the molecule is COC(=O)c1ccc(C(O)C2CSc3cc4c(cc3C2=O)C(C)(C)CCC4(C)C)cc1. The number of esters is 1. The molecule has 0 amide bonds. The maximum absolute atomic E-state index is 13.5. The number of aliphatic hydroxyl groups excluding tert-OH is 1. The lowest BCUT2D eigenvalue weighted by Crippen LogP contribution is -2.35. The van der Waals surface area contributed by atoms with E-state index in [0.717, 1.165) is 23.3 Å². The number of carbonyl (C=O) groups excluding carboxylic acids is 2. The van der Waals surface area contributed by atoms with Crippen LogP contribution in [0.15, 0.2) is 41.3 Å². The predicted octanol–water partition coefficient (Wildman–Crippen LogP) is 5.46. The van der Waals surface area contributed by atoms with Crippen molar-refractivity contribution in [1.82, 2.24) is 0 Å². The number of carbonyl (C=O) groups is 2. The topological polar surface area (TPSA) is 63.6 Å². The Morgan fingerprint density at radius 2 is 1.65 bits per heavy atom. The Bertz CT molecular complexity index is 1040. The zero-order valence-corrected chi connectivity index (χ0v) is 19.6. The van der Waals surface area contributed by atoms with E-state index in [2.05, 4.69) is 39.8 Å². The Morgan fingerprint density at radius 1 is 1.06 bits per heavy atom. The van der Waals surface area contributed by atoms with Crippen LogP contribution < -0.4 is 0 Å². The van der Waals surface area contributed by atoms with E-state index < -0.39 is 18.0 Å². The van der Waals surface area contributed by atoms with Gasteiger partial charge in [-0.25, -0.2) is 4.79 Å². The van der Waals surface area contributed by atoms with Crippen molar-refractivity contribution in [2.75, 3.05) is 12.9 Å². The van der Waals surface area contributed by atoms with Gasteiger partial charge in [0, 0.05) is 16.2 Å². The van der Waals surface area contributed by atoms with E-state index in [0.29, 0.717) is 16.9 Å². The highest BCUT2D eigenvalue weighted by Gasteiger charge is 2.41. The molecular weight excluding hydrogens is 408 g/mol. The fourth-order valence-electron chi connectivity index (χ4n) is 4.76. The second-order valence-electron chi connectivity index (χ2n) is 10.0. The highest BCUT2D eigenvalue weighted by atomic mass is 32.2. The van der Waals surface area contributed by atoms with E-state index in [4.69, 9.17) is 4.74 Å². The summed E-state index contributed by atoms with van der Waals surface area (Å²) in [6.07, 6.45) is 1.30. The van der Waals surface area contributed by atoms with Crippen LogP contribution in [0.5, 0.6) is 0 Å². The standard InChI is InChI=1S/C26H30O4S/c1-25(2)10-11-26(3,4)20-13-21-17(12-19(20)25)23(28)18(14-31-21)22(27)15-6-8-16(9-7-15)24(29)30-5/h6-9,12-13,18,22,27H,10-11,14H2,1-5H3. The Hall–Kier alpha value is -2.11. The van der Waals surface area contributed by atoms with Gasteiger partial charge in [0.15, 0.2) is 5.78 Å².